The maximum Gasteiger partial charge on any atom is 0.259 e. The van der Waals surface area contributed by atoms with E-state index in [1.807, 2.05) is 31.0 Å². The Morgan fingerprint density at radius 2 is 1.74 bits per heavy atom. The molecule has 0 unspecified atom stereocenters. The van der Waals surface area contributed by atoms with Gasteiger partial charge in [0.1, 0.15) is 11.6 Å². The molecule has 184 valence electrons. The monoisotopic (exact) mass is 515 g/mol. The third-order valence-electron chi connectivity index (χ3n) is 5.17. The number of nitrogens with two attached hydrogens (primary N) is 1. The van der Waals surface area contributed by atoms with Crippen LogP contribution in [0, 0.1) is 0 Å². The summed E-state index contributed by atoms with van der Waals surface area (Å²) in [4.78, 5) is 32.3. The number of benzene rings is 2. The number of halogens is 2. The van der Waals surface area contributed by atoms with Crippen LogP contribution in [-0.2, 0) is 0 Å². The van der Waals surface area contributed by atoms with Crippen molar-refractivity contribution >= 4 is 52.2 Å². The van der Waals surface area contributed by atoms with Crippen LogP contribution in [0.5, 0.6) is 5.75 Å². The van der Waals surface area contributed by atoms with Crippen molar-refractivity contribution in [1.29, 1.82) is 0 Å². The topological polar surface area (TPSA) is 110 Å². The van der Waals surface area contributed by atoms with E-state index in [4.69, 9.17) is 33.7 Å². The molecule has 35 heavy (non-hydrogen) atoms. The van der Waals surface area contributed by atoms with Gasteiger partial charge in [-0.1, -0.05) is 23.2 Å². The van der Waals surface area contributed by atoms with Crippen molar-refractivity contribution in [3.63, 3.8) is 0 Å². The molecule has 0 fully saturated rings. The SMILES string of the molecule is CCN(C)c1ccc(C(=O)Nc2ccc(Cl)cc2C(=O)Nc2ccc(Cl)cn2)c(OCCCN)c1. The van der Waals surface area contributed by atoms with Gasteiger partial charge in [-0.25, -0.2) is 4.98 Å². The Hall–Kier alpha value is -3.33. The van der Waals surface area contributed by atoms with Crippen molar-refractivity contribution in [2.24, 2.45) is 5.73 Å². The van der Waals surface area contributed by atoms with Gasteiger partial charge in [-0.05, 0) is 62.4 Å². The molecule has 0 spiro atoms. The van der Waals surface area contributed by atoms with Crippen LogP contribution >= 0.6 is 23.2 Å². The Kier molecular flexibility index (Phi) is 9.31. The van der Waals surface area contributed by atoms with Crippen LogP contribution in [0.2, 0.25) is 10.0 Å². The van der Waals surface area contributed by atoms with Gasteiger partial charge in [-0.2, -0.15) is 0 Å². The Labute approximate surface area is 214 Å². The van der Waals surface area contributed by atoms with Gasteiger partial charge in [0.05, 0.1) is 28.4 Å². The van der Waals surface area contributed by atoms with Gasteiger partial charge in [-0.15, -0.1) is 0 Å². The van der Waals surface area contributed by atoms with Crippen molar-refractivity contribution in [2.75, 3.05) is 42.3 Å². The number of pyridine rings is 1. The quantitative estimate of drug-likeness (QED) is 0.325. The fourth-order valence-corrected chi connectivity index (χ4v) is 3.42. The minimum atomic E-state index is -0.489. The molecule has 2 amide bonds. The van der Waals surface area contributed by atoms with Crippen molar-refractivity contribution in [2.45, 2.75) is 13.3 Å². The summed E-state index contributed by atoms with van der Waals surface area (Å²) in [6.45, 7) is 3.67. The minimum absolute atomic E-state index is 0.176. The van der Waals surface area contributed by atoms with E-state index in [2.05, 4.69) is 15.6 Å². The number of anilines is 3. The van der Waals surface area contributed by atoms with Gasteiger partial charge in [0.2, 0.25) is 0 Å². The molecule has 3 rings (SSSR count). The Bertz CT molecular complexity index is 1190. The molecule has 0 aliphatic heterocycles. The van der Waals surface area contributed by atoms with Crippen LogP contribution in [-0.4, -0.2) is 43.5 Å². The van der Waals surface area contributed by atoms with Crippen LogP contribution in [0.3, 0.4) is 0 Å². The van der Waals surface area contributed by atoms with E-state index < -0.39 is 11.8 Å². The molecule has 0 radical (unpaired) electrons. The summed E-state index contributed by atoms with van der Waals surface area (Å²) in [6, 6.07) is 13.2. The van der Waals surface area contributed by atoms with Gasteiger partial charge >= 0.3 is 0 Å². The number of nitrogens with one attached hydrogen (secondary N) is 2. The highest BCUT2D eigenvalue weighted by atomic mass is 35.5. The Morgan fingerprint density at radius 3 is 2.43 bits per heavy atom. The summed E-state index contributed by atoms with van der Waals surface area (Å²) in [5.41, 5.74) is 7.29. The Morgan fingerprint density at radius 1 is 1.00 bits per heavy atom. The number of hydrogen-bond donors (Lipinski definition) is 3. The molecule has 10 heteroatoms. The van der Waals surface area contributed by atoms with E-state index in [1.54, 1.807) is 30.3 Å². The summed E-state index contributed by atoms with van der Waals surface area (Å²) >= 11 is 12.0. The summed E-state index contributed by atoms with van der Waals surface area (Å²) in [7, 11) is 1.95. The predicted octanol–water partition coefficient (Wildman–Crippen LogP) is 5.08. The van der Waals surface area contributed by atoms with Gasteiger partial charge in [0.25, 0.3) is 11.8 Å². The molecule has 0 aliphatic rings. The second kappa shape index (κ2) is 12.4. The zero-order valence-corrected chi connectivity index (χ0v) is 21.0. The van der Waals surface area contributed by atoms with Crippen LogP contribution < -0.4 is 26.0 Å². The smallest absolute Gasteiger partial charge is 0.259 e. The largest absolute Gasteiger partial charge is 0.493 e. The van der Waals surface area contributed by atoms with Gasteiger partial charge in [0.15, 0.2) is 0 Å². The van der Waals surface area contributed by atoms with Crippen LogP contribution in [0.25, 0.3) is 0 Å². The first-order valence-corrected chi connectivity index (χ1v) is 11.8. The number of carbonyl (C=O) groups excluding carboxylic acids is 2. The van der Waals surface area contributed by atoms with Crippen molar-refractivity contribution in [1.82, 2.24) is 4.98 Å². The van der Waals surface area contributed by atoms with Crippen molar-refractivity contribution < 1.29 is 14.3 Å². The van der Waals surface area contributed by atoms with E-state index in [1.165, 1.54) is 12.3 Å². The lowest BCUT2D eigenvalue weighted by atomic mass is 10.1. The maximum absolute atomic E-state index is 13.3. The molecule has 8 nitrogen and oxygen atoms in total. The highest BCUT2D eigenvalue weighted by Gasteiger charge is 2.19. The molecule has 1 heterocycles. The summed E-state index contributed by atoms with van der Waals surface area (Å²) in [5.74, 6) is -0.182. The molecule has 2 aromatic carbocycles. The third-order valence-corrected chi connectivity index (χ3v) is 5.63. The van der Waals surface area contributed by atoms with Crippen LogP contribution in [0.4, 0.5) is 17.2 Å². The van der Waals surface area contributed by atoms with Crippen LogP contribution in [0.15, 0.2) is 54.7 Å². The number of nitrogens with zero attached hydrogens (tertiary/aromatic N) is 2. The predicted molar refractivity (Wildman–Crippen MR) is 141 cm³/mol. The molecular weight excluding hydrogens is 489 g/mol. The number of rotatable bonds is 10. The van der Waals surface area contributed by atoms with Crippen LogP contribution in [0.1, 0.15) is 34.1 Å². The second-order valence-electron chi connectivity index (χ2n) is 7.65. The number of ether oxygens (including phenoxy) is 1. The standard InChI is InChI=1S/C25H27Cl2N5O3/c1-3-32(2)18-7-8-19(22(14-18)35-12-4-11-28)24(33)30-21-9-5-16(26)13-20(21)25(34)31-23-10-6-17(27)15-29-23/h5-10,13-15H,3-4,11-12,28H2,1-2H3,(H,30,33)(H,29,31,34). The average Bonchev–Trinajstić information content (AvgIpc) is 2.86. The van der Waals surface area contributed by atoms with E-state index >= 15 is 0 Å². The molecule has 0 atom stereocenters. The van der Waals surface area contributed by atoms with E-state index in [0.29, 0.717) is 46.7 Å². The number of aromatic nitrogens is 1. The zero-order valence-electron chi connectivity index (χ0n) is 19.5. The molecular formula is C25H27Cl2N5O3. The average molecular weight is 516 g/mol. The van der Waals surface area contributed by atoms with Gasteiger partial charge < -0.3 is 26.0 Å². The highest BCUT2D eigenvalue weighted by molar-refractivity contribution is 6.31. The minimum Gasteiger partial charge on any atom is -0.493 e. The number of hydrogen-bond acceptors (Lipinski definition) is 6. The molecule has 0 aliphatic carbocycles. The summed E-state index contributed by atoms with van der Waals surface area (Å²) in [5, 5.41) is 6.27. The molecule has 4 N–H and O–H groups in total. The maximum atomic E-state index is 13.3. The van der Waals surface area contributed by atoms with Gasteiger partial charge in [0, 0.05) is 36.6 Å². The van der Waals surface area contributed by atoms with E-state index in [0.717, 1.165) is 12.2 Å². The fourth-order valence-electron chi connectivity index (χ4n) is 3.14. The lowest BCUT2D eigenvalue weighted by molar-refractivity contribution is 0.102. The van der Waals surface area contributed by atoms with Crippen molar-refractivity contribution in [3.05, 3.63) is 75.9 Å². The summed E-state index contributed by atoms with van der Waals surface area (Å²) < 4.78 is 5.87. The number of carbonyl (C=O) groups is 2. The van der Waals surface area contributed by atoms with E-state index in [-0.39, 0.29) is 11.3 Å². The first kappa shape index (κ1) is 26.3. The van der Waals surface area contributed by atoms with Crippen molar-refractivity contribution in [3.8, 4) is 5.75 Å². The molecule has 0 bridgehead atoms. The normalized spacial score (nSPS) is 10.5. The van der Waals surface area contributed by atoms with Gasteiger partial charge in [-0.3, -0.25) is 9.59 Å². The molecule has 0 saturated carbocycles. The first-order valence-electron chi connectivity index (χ1n) is 11.0. The first-order chi connectivity index (χ1) is 16.8. The summed E-state index contributed by atoms with van der Waals surface area (Å²) in [6.07, 6.45) is 2.07. The third kappa shape index (κ3) is 7.08. The fraction of sp³-hybridized carbons (Fsp3) is 0.240. The van der Waals surface area contributed by atoms with E-state index in [9.17, 15) is 9.59 Å². The molecule has 0 saturated heterocycles. The molecule has 3 aromatic rings. The highest BCUT2D eigenvalue weighted by Crippen LogP contribution is 2.28. The lowest BCUT2D eigenvalue weighted by Crippen LogP contribution is -2.20. The Balaban J connectivity index is 1.87. The lowest BCUT2D eigenvalue weighted by Gasteiger charge is -2.20. The second-order valence-corrected chi connectivity index (χ2v) is 8.52. The molecule has 1 aromatic heterocycles. The zero-order chi connectivity index (χ0) is 25.4. The number of amides is 2.